The Kier molecular flexibility index (Phi) is 5.46. The van der Waals surface area contributed by atoms with E-state index in [1.807, 2.05) is 29.2 Å². The van der Waals surface area contributed by atoms with Gasteiger partial charge < -0.3 is 15.3 Å². The molecule has 1 aromatic carbocycles. The first-order valence-electron chi connectivity index (χ1n) is 8.13. The van der Waals surface area contributed by atoms with Gasteiger partial charge in [0, 0.05) is 37.5 Å². The van der Waals surface area contributed by atoms with Gasteiger partial charge in [0.2, 0.25) is 0 Å². The predicted octanol–water partition coefficient (Wildman–Crippen LogP) is 2.99. The van der Waals surface area contributed by atoms with Crippen LogP contribution in [0.3, 0.4) is 0 Å². The Bertz CT molecular complexity index is 508. The van der Waals surface area contributed by atoms with Crippen LogP contribution in [0.25, 0.3) is 0 Å². The fourth-order valence-electron chi connectivity index (χ4n) is 2.71. The zero-order chi connectivity index (χ0) is 16.2. The van der Waals surface area contributed by atoms with E-state index in [1.165, 1.54) is 0 Å². The highest BCUT2D eigenvalue weighted by molar-refractivity contribution is 5.95. The van der Waals surface area contributed by atoms with E-state index in [1.54, 1.807) is 0 Å². The van der Waals surface area contributed by atoms with Crippen LogP contribution < -0.4 is 5.32 Å². The molecule has 122 valence electrons. The van der Waals surface area contributed by atoms with Crippen molar-refractivity contribution >= 4 is 11.6 Å². The summed E-state index contributed by atoms with van der Waals surface area (Å²) in [7, 11) is 0. The molecule has 0 radical (unpaired) electrons. The number of nitrogens with zero attached hydrogens (tertiary/aromatic N) is 1. The molecule has 1 aliphatic rings. The number of nitrogens with one attached hydrogen (secondary N) is 1. The Morgan fingerprint density at radius 1 is 1.41 bits per heavy atom. The molecule has 0 aliphatic carbocycles. The zero-order valence-electron chi connectivity index (χ0n) is 13.9. The van der Waals surface area contributed by atoms with Gasteiger partial charge in [0.25, 0.3) is 5.91 Å². The van der Waals surface area contributed by atoms with Crippen LogP contribution in [0.1, 0.15) is 44.0 Å². The number of carbonyl (C=O) groups excluding carboxylic acids is 1. The van der Waals surface area contributed by atoms with Crippen molar-refractivity contribution in [3.8, 4) is 0 Å². The van der Waals surface area contributed by atoms with Gasteiger partial charge >= 0.3 is 0 Å². The van der Waals surface area contributed by atoms with Crippen molar-refractivity contribution < 1.29 is 9.90 Å². The molecule has 0 bridgehead atoms. The molecule has 0 aromatic heterocycles. The molecular weight excluding hydrogens is 276 g/mol. The van der Waals surface area contributed by atoms with E-state index in [0.29, 0.717) is 6.54 Å². The van der Waals surface area contributed by atoms with Crippen molar-refractivity contribution in [1.82, 2.24) is 4.90 Å². The van der Waals surface area contributed by atoms with Crippen molar-refractivity contribution in [3.05, 3.63) is 29.8 Å². The lowest BCUT2D eigenvalue weighted by atomic mass is 9.96. The maximum atomic E-state index is 12.6. The van der Waals surface area contributed by atoms with Crippen molar-refractivity contribution in [2.45, 2.75) is 33.6 Å². The Balaban J connectivity index is 2.03. The molecule has 1 atom stereocenters. The molecule has 1 saturated heterocycles. The van der Waals surface area contributed by atoms with Gasteiger partial charge in [-0.25, -0.2) is 0 Å². The van der Waals surface area contributed by atoms with Gasteiger partial charge in [0.05, 0.1) is 0 Å². The van der Waals surface area contributed by atoms with Crippen molar-refractivity contribution in [2.75, 3.05) is 31.6 Å². The van der Waals surface area contributed by atoms with Gasteiger partial charge in [-0.2, -0.15) is 0 Å². The summed E-state index contributed by atoms with van der Waals surface area (Å²) in [6, 6.07) is 7.71. The minimum absolute atomic E-state index is 0.0672. The number of rotatable bonds is 4. The molecular formula is C18H28N2O2. The highest BCUT2D eigenvalue weighted by atomic mass is 16.3. The van der Waals surface area contributed by atoms with E-state index in [2.05, 4.69) is 26.1 Å². The standard InChI is InChI=1S/C18H28N2O2/c1-18(2,3)13-19-16-8-4-7-15(10-16)17(22)20-9-5-6-14(11-20)12-21/h4,7-8,10,14,19,21H,5-6,9,11-13H2,1-3H3. The molecule has 2 N–H and O–H groups in total. The number of carbonyl (C=O) groups is 1. The topological polar surface area (TPSA) is 52.6 Å². The van der Waals surface area contributed by atoms with Gasteiger partial charge in [-0.3, -0.25) is 4.79 Å². The van der Waals surface area contributed by atoms with Crippen molar-refractivity contribution in [3.63, 3.8) is 0 Å². The molecule has 1 heterocycles. The van der Waals surface area contributed by atoms with E-state index in [0.717, 1.165) is 37.2 Å². The Morgan fingerprint density at radius 3 is 2.86 bits per heavy atom. The van der Waals surface area contributed by atoms with E-state index >= 15 is 0 Å². The van der Waals surface area contributed by atoms with Crippen LogP contribution in [0.5, 0.6) is 0 Å². The molecule has 0 spiro atoms. The van der Waals surface area contributed by atoms with Crippen molar-refractivity contribution in [1.29, 1.82) is 0 Å². The summed E-state index contributed by atoms with van der Waals surface area (Å²) in [6.07, 6.45) is 1.98. The quantitative estimate of drug-likeness (QED) is 0.899. The van der Waals surface area contributed by atoms with Crippen LogP contribution in [0, 0.1) is 11.3 Å². The molecule has 1 unspecified atom stereocenters. The summed E-state index contributed by atoms with van der Waals surface area (Å²) in [4.78, 5) is 14.5. The lowest BCUT2D eigenvalue weighted by molar-refractivity contribution is 0.0621. The number of aliphatic hydroxyl groups excluding tert-OH is 1. The molecule has 4 nitrogen and oxygen atoms in total. The first kappa shape index (κ1) is 16.8. The first-order valence-corrected chi connectivity index (χ1v) is 8.13. The molecule has 1 amide bonds. The number of anilines is 1. The molecule has 1 fully saturated rings. The second-order valence-electron chi connectivity index (χ2n) is 7.44. The minimum atomic E-state index is 0.0672. The van der Waals surface area contributed by atoms with Crippen LogP contribution in [-0.2, 0) is 0 Å². The lowest BCUT2D eigenvalue weighted by Crippen LogP contribution is -2.40. The number of piperidine rings is 1. The first-order chi connectivity index (χ1) is 10.4. The molecule has 1 aliphatic heterocycles. The van der Waals surface area contributed by atoms with Gasteiger partial charge in [-0.1, -0.05) is 26.8 Å². The molecule has 4 heteroatoms. The smallest absolute Gasteiger partial charge is 0.253 e. The van der Waals surface area contributed by atoms with E-state index in [4.69, 9.17) is 0 Å². The summed E-state index contributed by atoms with van der Waals surface area (Å²) < 4.78 is 0. The third-order valence-corrected chi connectivity index (χ3v) is 4.00. The highest BCUT2D eigenvalue weighted by Gasteiger charge is 2.24. The Morgan fingerprint density at radius 2 is 2.18 bits per heavy atom. The zero-order valence-corrected chi connectivity index (χ0v) is 13.9. The van der Waals surface area contributed by atoms with E-state index in [9.17, 15) is 9.90 Å². The van der Waals surface area contributed by atoms with Gasteiger partial charge in [0.1, 0.15) is 0 Å². The molecule has 2 rings (SSSR count). The molecule has 1 aromatic rings. The maximum absolute atomic E-state index is 12.6. The average molecular weight is 304 g/mol. The summed E-state index contributed by atoms with van der Waals surface area (Å²) in [5.41, 5.74) is 1.90. The van der Waals surface area contributed by atoms with Gasteiger partial charge in [-0.05, 0) is 42.4 Å². The third kappa shape index (κ3) is 4.73. The van der Waals surface area contributed by atoms with E-state index < -0.39 is 0 Å². The predicted molar refractivity (Wildman–Crippen MR) is 90.1 cm³/mol. The lowest BCUT2D eigenvalue weighted by Gasteiger charge is -2.32. The monoisotopic (exact) mass is 304 g/mol. The molecule has 22 heavy (non-hydrogen) atoms. The normalized spacial score (nSPS) is 19.1. The third-order valence-electron chi connectivity index (χ3n) is 4.00. The molecule has 0 saturated carbocycles. The summed E-state index contributed by atoms with van der Waals surface area (Å²) in [5.74, 6) is 0.289. The number of hydrogen-bond donors (Lipinski definition) is 2. The van der Waals surface area contributed by atoms with Crippen LogP contribution in [-0.4, -0.2) is 42.2 Å². The summed E-state index contributed by atoms with van der Waals surface area (Å²) in [5, 5.41) is 12.7. The Labute approximate surface area is 133 Å². The summed E-state index contributed by atoms with van der Waals surface area (Å²) >= 11 is 0. The number of likely N-dealkylation sites (tertiary alicyclic amines) is 1. The minimum Gasteiger partial charge on any atom is -0.396 e. The fourth-order valence-corrected chi connectivity index (χ4v) is 2.71. The van der Waals surface area contributed by atoms with Crippen LogP contribution in [0.2, 0.25) is 0 Å². The van der Waals surface area contributed by atoms with Crippen LogP contribution in [0.15, 0.2) is 24.3 Å². The SMILES string of the molecule is CC(C)(C)CNc1cccc(C(=O)N2CCCC(CO)C2)c1. The largest absolute Gasteiger partial charge is 0.396 e. The van der Waals surface area contributed by atoms with E-state index in [-0.39, 0.29) is 23.8 Å². The number of amides is 1. The average Bonchev–Trinajstić information content (AvgIpc) is 2.52. The Hall–Kier alpha value is -1.55. The van der Waals surface area contributed by atoms with Crippen LogP contribution in [0.4, 0.5) is 5.69 Å². The summed E-state index contributed by atoms with van der Waals surface area (Å²) in [6.45, 7) is 9.01. The number of hydrogen-bond acceptors (Lipinski definition) is 3. The van der Waals surface area contributed by atoms with Crippen molar-refractivity contribution in [2.24, 2.45) is 11.3 Å². The van der Waals surface area contributed by atoms with Gasteiger partial charge in [0.15, 0.2) is 0 Å². The highest BCUT2D eigenvalue weighted by Crippen LogP contribution is 2.20. The number of aliphatic hydroxyl groups is 1. The van der Waals surface area contributed by atoms with Gasteiger partial charge in [-0.15, -0.1) is 0 Å². The fraction of sp³-hybridized carbons (Fsp3) is 0.611. The second kappa shape index (κ2) is 7.14. The second-order valence-corrected chi connectivity index (χ2v) is 7.44. The van der Waals surface area contributed by atoms with Crippen LogP contribution >= 0.6 is 0 Å². The maximum Gasteiger partial charge on any atom is 0.253 e. The number of benzene rings is 1.